The van der Waals surface area contributed by atoms with E-state index in [1.165, 1.54) is 18.6 Å². The standard InChI is InChI=1S/C11H12N6O3/c18-10(19)8-2-1-7(3-12-8)4-13-11(20)14-5-9-15-6-16-17-9/h1-3,6H,4-5H2,(H,18,19)(H2,13,14,20)(H,15,16,17). The lowest BCUT2D eigenvalue weighted by atomic mass is 10.2. The number of nitrogens with one attached hydrogen (secondary N) is 3. The lowest BCUT2D eigenvalue weighted by Crippen LogP contribution is -2.34. The Balaban J connectivity index is 1.76. The summed E-state index contributed by atoms with van der Waals surface area (Å²) in [6.45, 7) is 0.483. The van der Waals surface area contributed by atoms with Gasteiger partial charge in [0, 0.05) is 12.7 Å². The van der Waals surface area contributed by atoms with Gasteiger partial charge in [-0.05, 0) is 11.6 Å². The largest absolute Gasteiger partial charge is 0.477 e. The van der Waals surface area contributed by atoms with Gasteiger partial charge in [-0.15, -0.1) is 0 Å². The van der Waals surface area contributed by atoms with E-state index in [0.717, 1.165) is 0 Å². The molecule has 2 aromatic rings. The van der Waals surface area contributed by atoms with Crippen molar-refractivity contribution >= 4 is 12.0 Å². The zero-order chi connectivity index (χ0) is 14.4. The number of nitrogens with zero attached hydrogens (tertiary/aromatic N) is 3. The molecule has 0 saturated carbocycles. The highest BCUT2D eigenvalue weighted by molar-refractivity contribution is 5.85. The van der Waals surface area contributed by atoms with Gasteiger partial charge in [0.2, 0.25) is 0 Å². The van der Waals surface area contributed by atoms with Crippen molar-refractivity contribution in [2.45, 2.75) is 13.1 Å². The first-order valence-corrected chi connectivity index (χ1v) is 5.69. The molecule has 2 heterocycles. The van der Waals surface area contributed by atoms with E-state index >= 15 is 0 Å². The highest BCUT2D eigenvalue weighted by Gasteiger charge is 2.05. The molecule has 0 aromatic carbocycles. The molecule has 9 nitrogen and oxygen atoms in total. The molecular weight excluding hydrogens is 264 g/mol. The van der Waals surface area contributed by atoms with Gasteiger partial charge >= 0.3 is 12.0 Å². The van der Waals surface area contributed by atoms with Crippen LogP contribution in [0.25, 0.3) is 0 Å². The summed E-state index contributed by atoms with van der Waals surface area (Å²) in [6, 6.07) is 2.60. The van der Waals surface area contributed by atoms with Crippen molar-refractivity contribution in [2.75, 3.05) is 0 Å². The number of aromatic nitrogens is 4. The number of urea groups is 1. The quantitative estimate of drug-likeness (QED) is 0.602. The number of hydrogen-bond donors (Lipinski definition) is 4. The first-order chi connectivity index (χ1) is 9.65. The average molecular weight is 276 g/mol. The van der Waals surface area contributed by atoms with Gasteiger partial charge in [-0.3, -0.25) is 5.10 Å². The molecule has 2 aromatic heterocycles. The van der Waals surface area contributed by atoms with Gasteiger partial charge in [0.05, 0.1) is 6.54 Å². The summed E-state index contributed by atoms with van der Waals surface area (Å²) < 4.78 is 0. The molecule has 0 saturated heterocycles. The van der Waals surface area contributed by atoms with Crippen LogP contribution in [0.4, 0.5) is 4.79 Å². The van der Waals surface area contributed by atoms with Crippen LogP contribution in [0.1, 0.15) is 21.9 Å². The number of carboxylic acid groups (broad SMARTS) is 1. The smallest absolute Gasteiger partial charge is 0.354 e. The number of amides is 2. The Kier molecular flexibility index (Phi) is 4.22. The molecule has 2 rings (SSSR count). The third-order valence-corrected chi connectivity index (χ3v) is 2.38. The van der Waals surface area contributed by atoms with E-state index in [4.69, 9.17) is 5.11 Å². The van der Waals surface area contributed by atoms with Gasteiger partial charge in [-0.25, -0.2) is 19.6 Å². The number of pyridine rings is 1. The fraction of sp³-hybridized carbons (Fsp3) is 0.182. The first kappa shape index (κ1) is 13.5. The van der Waals surface area contributed by atoms with Crippen molar-refractivity contribution in [1.29, 1.82) is 0 Å². The van der Waals surface area contributed by atoms with Gasteiger partial charge in [0.1, 0.15) is 17.8 Å². The summed E-state index contributed by atoms with van der Waals surface area (Å²) in [4.78, 5) is 29.7. The van der Waals surface area contributed by atoms with E-state index in [2.05, 4.69) is 30.8 Å². The number of aromatic carboxylic acids is 1. The second-order valence-electron chi connectivity index (χ2n) is 3.83. The van der Waals surface area contributed by atoms with Gasteiger partial charge < -0.3 is 15.7 Å². The molecule has 0 aliphatic rings. The minimum Gasteiger partial charge on any atom is -0.477 e. The predicted octanol–water partition coefficient (Wildman–Crippen LogP) is -0.103. The van der Waals surface area contributed by atoms with Crippen molar-refractivity contribution in [1.82, 2.24) is 30.8 Å². The van der Waals surface area contributed by atoms with Crippen molar-refractivity contribution in [3.8, 4) is 0 Å². The van der Waals surface area contributed by atoms with Gasteiger partial charge in [-0.1, -0.05) is 6.07 Å². The maximum atomic E-state index is 11.5. The Morgan fingerprint density at radius 1 is 1.20 bits per heavy atom. The average Bonchev–Trinajstić information content (AvgIpc) is 2.96. The third-order valence-electron chi connectivity index (χ3n) is 2.38. The molecule has 0 aliphatic carbocycles. The molecule has 0 unspecified atom stereocenters. The number of hydrogen-bond acceptors (Lipinski definition) is 5. The van der Waals surface area contributed by atoms with E-state index in [0.29, 0.717) is 11.4 Å². The zero-order valence-corrected chi connectivity index (χ0v) is 10.3. The number of rotatable bonds is 5. The highest BCUT2D eigenvalue weighted by atomic mass is 16.4. The Hall–Kier alpha value is -2.97. The van der Waals surface area contributed by atoms with Crippen LogP contribution in [-0.4, -0.2) is 37.3 Å². The van der Waals surface area contributed by atoms with E-state index in [1.54, 1.807) is 6.07 Å². The number of aromatic amines is 1. The molecule has 0 bridgehead atoms. The third kappa shape index (κ3) is 3.77. The second-order valence-corrected chi connectivity index (χ2v) is 3.83. The molecule has 0 spiro atoms. The summed E-state index contributed by atoms with van der Waals surface area (Å²) in [7, 11) is 0. The van der Waals surface area contributed by atoms with E-state index in [1.807, 2.05) is 0 Å². The number of carbonyl (C=O) groups is 2. The summed E-state index contributed by atoms with van der Waals surface area (Å²) >= 11 is 0. The number of H-pyrrole nitrogens is 1. The lowest BCUT2D eigenvalue weighted by molar-refractivity contribution is 0.0690. The maximum Gasteiger partial charge on any atom is 0.354 e. The topological polar surface area (TPSA) is 133 Å². The van der Waals surface area contributed by atoms with Crippen LogP contribution >= 0.6 is 0 Å². The fourth-order valence-electron chi connectivity index (χ4n) is 1.38. The Morgan fingerprint density at radius 3 is 2.60 bits per heavy atom. The molecule has 2 amide bonds. The van der Waals surface area contributed by atoms with Gasteiger partial charge in [0.15, 0.2) is 0 Å². The zero-order valence-electron chi connectivity index (χ0n) is 10.3. The fourth-order valence-corrected chi connectivity index (χ4v) is 1.38. The van der Waals surface area contributed by atoms with Gasteiger partial charge in [-0.2, -0.15) is 5.10 Å². The molecule has 0 fully saturated rings. The summed E-state index contributed by atoms with van der Waals surface area (Å²) in [5.74, 6) is -0.540. The van der Waals surface area contributed by atoms with Crippen LogP contribution in [0.15, 0.2) is 24.7 Å². The molecular formula is C11H12N6O3. The number of carbonyl (C=O) groups excluding carboxylic acids is 1. The lowest BCUT2D eigenvalue weighted by Gasteiger charge is -2.06. The van der Waals surface area contributed by atoms with E-state index < -0.39 is 5.97 Å². The maximum absolute atomic E-state index is 11.5. The minimum absolute atomic E-state index is 0.0384. The van der Waals surface area contributed by atoms with E-state index in [-0.39, 0.29) is 24.8 Å². The van der Waals surface area contributed by atoms with Crippen LogP contribution in [0.3, 0.4) is 0 Å². The molecule has 0 aliphatic heterocycles. The Bertz CT molecular complexity index is 581. The van der Waals surface area contributed by atoms with Crippen molar-refractivity contribution in [2.24, 2.45) is 0 Å². The molecule has 4 N–H and O–H groups in total. The SMILES string of the molecule is O=C(NCc1ccc(C(=O)O)nc1)NCc1ncn[nH]1. The molecule has 0 radical (unpaired) electrons. The first-order valence-electron chi connectivity index (χ1n) is 5.69. The molecule has 20 heavy (non-hydrogen) atoms. The molecule has 104 valence electrons. The van der Waals surface area contributed by atoms with E-state index in [9.17, 15) is 9.59 Å². The summed E-state index contributed by atoms with van der Waals surface area (Å²) in [6.07, 6.45) is 2.75. The van der Waals surface area contributed by atoms with Gasteiger partial charge in [0.25, 0.3) is 0 Å². The highest BCUT2D eigenvalue weighted by Crippen LogP contribution is 2.00. The summed E-state index contributed by atoms with van der Waals surface area (Å²) in [5.41, 5.74) is 0.660. The Labute approximate surface area is 113 Å². The van der Waals surface area contributed by atoms with Crippen molar-refractivity contribution < 1.29 is 14.7 Å². The monoisotopic (exact) mass is 276 g/mol. The van der Waals surface area contributed by atoms with Crippen LogP contribution in [-0.2, 0) is 13.1 Å². The van der Waals surface area contributed by atoms with Crippen LogP contribution < -0.4 is 10.6 Å². The van der Waals surface area contributed by atoms with Crippen molar-refractivity contribution in [3.05, 3.63) is 41.7 Å². The number of carboxylic acids is 1. The second kappa shape index (κ2) is 6.27. The van der Waals surface area contributed by atoms with Crippen LogP contribution in [0.2, 0.25) is 0 Å². The molecule has 9 heteroatoms. The minimum atomic E-state index is -1.09. The predicted molar refractivity (Wildman–Crippen MR) is 66.7 cm³/mol. The normalized spacial score (nSPS) is 10.0. The molecule has 0 atom stereocenters. The van der Waals surface area contributed by atoms with Crippen LogP contribution in [0.5, 0.6) is 0 Å². The van der Waals surface area contributed by atoms with Crippen LogP contribution in [0, 0.1) is 0 Å². The summed E-state index contributed by atoms with van der Waals surface area (Å²) in [5, 5.41) is 20.2. The Morgan fingerprint density at radius 2 is 2.00 bits per heavy atom. The van der Waals surface area contributed by atoms with Crippen molar-refractivity contribution in [3.63, 3.8) is 0 Å².